The molecule has 0 bridgehead atoms. The number of urea groups is 3. The van der Waals surface area contributed by atoms with Crippen LogP contribution in [-0.2, 0) is 15.8 Å². The average molecular weight is 819 g/mol. The van der Waals surface area contributed by atoms with Crippen molar-refractivity contribution in [1.29, 1.82) is 0 Å². The maximum Gasteiger partial charge on any atom is 0.547 e. The van der Waals surface area contributed by atoms with Gasteiger partial charge in [0.2, 0.25) is 5.91 Å². The number of phenols is 2. The topological polar surface area (TPSA) is 279 Å². The lowest BCUT2D eigenvalue weighted by atomic mass is 9.72. The Hall–Kier alpha value is -5.60. The van der Waals surface area contributed by atoms with Crippen LogP contribution >= 0.6 is 19.2 Å². The fourth-order valence-electron chi connectivity index (χ4n) is 6.71. The molecule has 7 amide bonds. The number of likely N-dealkylation sites (tertiary alicyclic amines) is 1. The number of fused-ring (bicyclic) bond motifs is 1. The van der Waals surface area contributed by atoms with Crippen molar-refractivity contribution in [3.8, 4) is 17.2 Å². The third-order valence-electron chi connectivity index (χ3n) is 9.62. The monoisotopic (exact) mass is 818 g/mol. The molecule has 296 valence electrons. The molecule has 6 rings (SSSR count). The number of amides is 7. The van der Waals surface area contributed by atoms with E-state index in [1.165, 1.54) is 34.1 Å². The summed E-state index contributed by atoms with van der Waals surface area (Å²) in [4.78, 5) is 88.4. The summed E-state index contributed by atoms with van der Waals surface area (Å²) < 4.78 is 31.3. The fourth-order valence-corrected chi connectivity index (χ4v) is 7.46. The zero-order valence-corrected chi connectivity index (χ0v) is 30.6. The molecule has 3 heterocycles. The van der Waals surface area contributed by atoms with Gasteiger partial charge in [-0.1, -0.05) is 29.8 Å². The molecule has 23 heteroatoms. The number of aromatic hydroxyl groups is 2. The minimum atomic E-state index is -4.69. The number of aromatic carboxylic acids is 1. The molecule has 0 saturated carbocycles. The van der Waals surface area contributed by atoms with Crippen LogP contribution in [-0.4, -0.2) is 120 Å². The molecule has 3 aromatic carbocycles. The van der Waals surface area contributed by atoms with Gasteiger partial charge < -0.3 is 60.5 Å². The summed E-state index contributed by atoms with van der Waals surface area (Å²) in [5.74, 6) is -6.39. The van der Waals surface area contributed by atoms with E-state index in [4.69, 9.17) is 16.3 Å². The summed E-state index contributed by atoms with van der Waals surface area (Å²) >= 11 is 5.87. The van der Waals surface area contributed by atoms with Gasteiger partial charge in [-0.2, -0.15) is 0 Å². The number of carbonyl (C=O) groups excluding carboxylic acids is 4. The van der Waals surface area contributed by atoms with Crippen molar-refractivity contribution in [3.05, 3.63) is 76.1 Å². The van der Waals surface area contributed by atoms with Gasteiger partial charge >= 0.3 is 38.8 Å². The number of piperidine rings is 1. The van der Waals surface area contributed by atoms with E-state index in [0.29, 0.717) is 12.8 Å². The second-order valence-corrected chi connectivity index (χ2v) is 15.2. The molecular formula is C33H34BClFN6O13P. The van der Waals surface area contributed by atoms with Gasteiger partial charge in [0.25, 0.3) is 0 Å². The zero-order chi connectivity index (χ0) is 40.6. The number of halogens is 2. The van der Waals surface area contributed by atoms with Gasteiger partial charge in [0.05, 0.1) is 16.3 Å². The first-order chi connectivity index (χ1) is 26.4. The number of imide groups is 1. The zero-order valence-electron chi connectivity index (χ0n) is 29.0. The van der Waals surface area contributed by atoms with E-state index in [9.17, 15) is 63.1 Å². The highest BCUT2D eigenvalue weighted by atomic mass is 35.5. The first kappa shape index (κ1) is 40.1. The highest BCUT2D eigenvalue weighted by molar-refractivity contribution is 7.60. The molecule has 19 nitrogen and oxygen atoms in total. The van der Waals surface area contributed by atoms with Crippen LogP contribution in [0.3, 0.4) is 0 Å². The maximum atomic E-state index is 14.2. The van der Waals surface area contributed by atoms with Crippen LogP contribution in [0.15, 0.2) is 48.5 Å². The van der Waals surface area contributed by atoms with Crippen LogP contribution in [0.1, 0.15) is 40.4 Å². The van der Waals surface area contributed by atoms with E-state index in [-0.39, 0.29) is 65.8 Å². The molecule has 56 heavy (non-hydrogen) atoms. The maximum absolute atomic E-state index is 14.2. The molecule has 2 atom stereocenters. The second-order valence-electron chi connectivity index (χ2n) is 13.2. The summed E-state index contributed by atoms with van der Waals surface area (Å²) in [6.45, 7) is 0.512. The Labute approximate surface area is 321 Å². The number of nitrogens with zero attached hydrogens (tertiary/aromatic N) is 3. The van der Waals surface area contributed by atoms with Gasteiger partial charge in [0.1, 0.15) is 23.2 Å². The number of carbonyl (C=O) groups is 5. The van der Waals surface area contributed by atoms with Crippen molar-refractivity contribution in [2.75, 3.05) is 31.5 Å². The van der Waals surface area contributed by atoms with Crippen LogP contribution in [0.4, 0.5) is 24.5 Å². The normalized spacial score (nSPS) is 17.9. The van der Waals surface area contributed by atoms with Crippen molar-refractivity contribution in [3.63, 3.8) is 0 Å². The van der Waals surface area contributed by atoms with E-state index in [0.717, 1.165) is 29.2 Å². The van der Waals surface area contributed by atoms with Crippen LogP contribution in [0, 0.1) is 5.82 Å². The smallest absolute Gasteiger partial charge is 0.534 e. The number of carboxylic acids is 1. The van der Waals surface area contributed by atoms with Crippen LogP contribution < -0.4 is 25.9 Å². The molecule has 3 aliphatic rings. The Balaban J connectivity index is 1.12. The van der Waals surface area contributed by atoms with Gasteiger partial charge in [0, 0.05) is 44.0 Å². The summed E-state index contributed by atoms with van der Waals surface area (Å²) in [6.07, 6.45) is 0.487. The molecule has 0 aliphatic carbocycles. The third kappa shape index (κ3) is 8.31. The molecule has 3 aromatic rings. The number of rotatable bonds is 8. The first-order valence-electron chi connectivity index (χ1n) is 16.9. The van der Waals surface area contributed by atoms with Crippen molar-refractivity contribution in [2.45, 2.75) is 37.3 Å². The number of anilines is 1. The Kier molecular flexibility index (Phi) is 11.4. The summed E-state index contributed by atoms with van der Waals surface area (Å²) in [7, 11) is -6.55. The first-order valence-corrected chi connectivity index (χ1v) is 18.9. The molecule has 0 aromatic heterocycles. The fraction of sp³-hybridized carbons (Fsp3) is 0.303. The minimum absolute atomic E-state index is 0.0360. The van der Waals surface area contributed by atoms with Crippen LogP contribution in [0.25, 0.3) is 0 Å². The van der Waals surface area contributed by atoms with Crippen molar-refractivity contribution in [2.24, 2.45) is 0 Å². The molecular weight excluding hydrogens is 785 g/mol. The predicted molar refractivity (Wildman–Crippen MR) is 194 cm³/mol. The molecule has 2 fully saturated rings. The van der Waals surface area contributed by atoms with E-state index >= 15 is 0 Å². The van der Waals surface area contributed by atoms with Crippen LogP contribution in [0.5, 0.6) is 17.2 Å². The number of hydrogen-bond donors (Lipinski definition) is 9. The Bertz CT molecular complexity index is 2110. The number of carboxylic acid groups (broad SMARTS) is 1. The lowest BCUT2D eigenvalue weighted by molar-refractivity contribution is -0.123. The third-order valence-corrected chi connectivity index (χ3v) is 10.9. The van der Waals surface area contributed by atoms with Crippen molar-refractivity contribution >= 4 is 67.3 Å². The average Bonchev–Trinajstić information content (AvgIpc) is 3.53. The van der Waals surface area contributed by atoms with Gasteiger partial charge in [-0.3, -0.25) is 9.36 Å². The van der Waals surface area contributed by atoms with E-state index < -0.39 is 85.3 Å². The van der Waals surface area contributed by atoms with Crippen molar-refractivity contribution < 1.29 is 67.7 Å². The van der Waals surface area contributed by atoms with E-state index in [1.807, 2.05) is 0 Å². The molecule has 0 spiro atoms. The Morgan fingerprint density at radius 2 is 1.66 bits per heavy atom. The van der Waals surface area contributed by atoms with Gasteiger partial charge in [-0.15, -0.1) is 0 Å². The van der Waals surface area contributed by atoms with E-state index in [2.05, 4.69) is 16.0 Å². The summed E-state index contributed by atoms with van der Waals surface area (Å²) in [5.41, 5.74) is -0.463. The lowest BCUT2D eigenvalue weighted by Crippen LogP contribution is -2.56. The van der Waals surface area contributed by atoms with Crippen LogP contribution in [0.2, 0.25) is 5.02 Å². The molecule has 0 radical (unpaired) electrons. The minimum Gasteiger partial charge on any atom is -0.534 e. The highest BCUT2D eigenvalue weighted by Crippen LogP contribution is 2.37. The number of benzene rings is 3. The SMILES string of the molecule is O=C(O)c1c(F)ccc2c1OB(O)[C@@H](NC(=O)[C@H](NC(=O)N1CCN(C3CCN(C(=O)Nc4cc(O)c(O)c(Cl)c4)CC3)C1=O)c1ccc(P(=O)(O)O)cc1)C2. The van der Waals surface area contributed by atoms with E-state index in [1.54, 1.807) is 0 Å². The molecule has 0 unspecified atom stereocenters. The Morgan fingerprint density at radius 1 is 0.982 bits per heavy atom. The number of nitrogens with one attached hydrogen (secondary N) is 3. The molecule has 2 saturated heterocycles. The number of hydrogen-bond acceptors (Lipinski definition) is 10. The summed E-state index contributed by atoms with van der Waals surface area (Å²) in [5, 5.41) is 46.6. The molecule has 9 N–H and O–H groups in total. The van der Waals surface area contributed by atoms with Gasteiger partial charge in [0.15, 0.2) is 11.5 Å². The van der Waals surface area contributed by atoms with Gasteiger partial charge in [-0.05, 0) is 54.7 Å². The standard InChI is InChI=1S/C33H34BClFN6O13P/c35-21-14-18(15-23(43)27(21)44)37-31(48)40-9-7-19(8-10-40)41-11-12-42(33(41)50)32(49)39-26(16-1-4-20(5-2-16)56(52,53)54)29(45)38-24-13-17-3-6-22(36)25(30(46)47)28(17)55-34(24)51/h1-6,14-15,19,24,26,43-44,51H,7-13H2,(H,37,48)(H,38,45)(H,39,49)(H,46,47)(H2,52,53,54)/t24-,26+/m0/s1. The number of phenolic OH excluding ortho intramolecular Hbond substituents is 2. The Morgan fingerprint density at radius 3 is 2.29 bits per heavy atom. The largest absolute Gasteiger partial charge is 0.547 e. The van der Waals surface area contributed by atoms with Crippen molar-refractivity contribution in [1.82, 2.24) is 25.3 Å². The highest BCUT2D eigenvalue weighted by Gasteiger charge is 2.42. The summed E-state index contributed by atoms with van der Waals surface area (Å²) in [6, 6.07) is 4.87. The quantitative estimate of drug-likeness (QED) is 0.0679. The molecule has 3 aliphatic heterocycles. The lowest BCUT2D eigenvalue weighted by Gasteiger charge is -2.36. The van der Waals surface area contributed by atoms with Gasteiger partial charge in [-0.25, -0.2) is 28.5 Å². The predicted octanol–water partition coefficient (Wildman–Crippen LogP) is 1.72. The second kappa shape index (κ2) is 15.9.